The molecule has 1 aromatic carbocycles. The normalized spacial score (nSPS) is 18.4. The third kappa shape index (κ3) is 2.91. The van der Waals surface area contributed by atoms with E-state index in [0.717, 1.165) is 37.1 Å². The standard InChI is InChI=1S/C15H22N2O/c1-11-4-5-13(12(2)10-11)14(18)17-15(3)6-8-16-9-7-15/h4-5,10,16H,6-9H2,1-3H3,(H,17,18). The minimum Gasteiger partial charge on any atom is -0.347 e. The van der Waals surface area contributed by atoms with Crippen LogP contribution >= 0.6 is 0 Å². The Bertz CT molecular complexity index is 448. The molecule has 3 nitrogen and oxygen atoms in total. The first-order valence-electron chi connectivity index (χ1n) is 6.61. The fraction of sp³-hybridized carbons (Fsp3) is 0.533. The Balaban J connectivity index is 2.11. The Kier molecular flexibility index (Phi) is 3.71. The van der Waals surface area contributed by atoms with Crippen molar-refractivity contribution in [3.8, 4) is 0 Å². The summed E-state index contributed by atoms with van der Waals surface area (Å²) in [5, 5.41) is 6.51. The van der Waals surface area contributed by atoms with Crippen LogP contribution in [0.1, 0.15) is 41.3 Å². The van der Waals surface area contributed by atoms with E-state index in [0.29, 0.717) is 0 Å². The zero-order chi connectivity index (χ0) is 13.2. The first-order valence-corrected chi connectivity index (χ1v) is 6.61. The predicted molar refractivity (Wildman–Crippen MR) is 73.9 cm³/mol. The molecule has 0 saturated carbocycles. The third-order valence-electron chi connectivity index (χ3n) is 3.75. The lowest BCUT2D eigenvalue weighted by atomic mass is 9.90. The Morgan fingerprint density at radius 3 is 2.56 bits per heavy atom. The second-order valence-corrected chi connectivity index (χ2v) is 5.58. The Morgan fingerprint density at radius 1 is 1.28 bits per heavy atom. The Morgan fingerprint density at radius 2 is 1.94 bits per heavy atom. The molecule has 0 bridgehead atoms. The molecule has 0 spiro atoms. The van der Waals surface area contributed by atoms with Crippen LogP contribution in [-0.2, 0) is 0 Å². The summed E-state index contributed by atoms with van der Waals surface area (Å²) in [4.78, 5) is 12.3. The van der Waals surface area contributed by atoms with Crippen LogP contribution in [-0.4, -0.2) is 24.5 Å². The van der Waals surface area contributed by atoms with Crippen molar-refractivity contribution in [3.05, 3.63) is 34.9 Å². The maximum atomic E-state index is 12.3. The number of hydrogen-bond acceptors (Lipinski definition) is 2. The van der Waals surface area contributed by atoms with Gasteiger partial charge in [0.2, 0.25) is 0 Å². The Hall–Kier alpha value is -1.35. The first kappa shape index (κ1) is 13.1. The summed E-state index contributed by atoms with van der Waals surface area (Å²) < 4.78 is 0. The van der Waals surface area contributed by atoms with Crippen LogP contribution in [0.25, 0.3) is 0 Å². The number of nitrogens with one attached hydrogen (secondary N) is 2. The van der Waals surface area contributed by atoms with E-state index in [2.05, 4.69) is 23.6 Å². The molecule has 1 aliphatic heterocycles. The lowest BCUT2D eigenvalue weighted by molar-refractivity contribution is 0.0887. The molecule has 1 heterocycles. The van der Waals surface area contributed by atoms with Gasteiger partial charge in [-0.05, 0) is 58.3 Å². The summed E-state index contributed by atoms with van der Waals surface area (Å²) in [5.74, 6) is 0.0527. The van der Waals surface area contributed by atoms with E-state index < -0.39 is 0 Å². The Labute approximate surface area is 109 Å². The van der Waals surface area contributed by atoms with E-state index in [-0.39, 0.29) is 11.4 Å². The van der Waals surface area contributed by atoms with Crippen molar-refractivity contribution in [1.29, 1.82) is 0 Å². The highest BCUT2D eigenvalue weighted by molar-refractivity contribution is 5.96. The number of carbonyl (C=O) groups is 1. The van der Waals surface area contributed by atoms with Crippen LogP contribution in [0.3, 0.4) is 0 Å². The first-order chi connectivity index (χ1) is 8.50. The van der Waals surface area contributed by atoms with Crippen LogP contribution in [0.15, 0.2) is 18.2 Å². The largest absolute Gasteiger partial charge is 0.347 e. The van der Waals surface area contributed by atoms with Crippen LogP contribution < -0.4 is 10.6 Å². The van der Waals surface area contributed by atoms with Gasteiger partial charge in [-0.1, -0.05) is 17.7 Å². The molecule has 1 aliphatic rings. The number of piperidine rings is 1. The number of rotatable bonds is 2. The summed E-state index contributed by atoms with van der Waals surface area (Å²) in [6.07, 6.45) is 1.98. The molecular formula is C15H22N2O. The summed E-state index contributed by atoms with van der Waals surface area (Å²) in [5.41, 5.74) is 2.96. The molecule has 0 aromatic heterocycles. The van der Waals surface area contributed by atoms with Gasteiger partial charge < -0.3 is 10.6 Å². The van der Waals surface area contributed by atoms with Crippen molar-refractivity contribution in [1.82, 2.24) is 10.6 Å². The van der Waals surface area contributed by atoms with E-state index >= 15 is 0 Å². The number of aryl methyl sites for hydroxylation is 2. The zero-order valence-electron chi connectivity index (χ0n) is 11.5. The van der Waals surface area contributed by atoms with Gasteiger partial charge in [-0.25, -0.2) is 0 Å². The molecule has 98 valence electrons. The van der Waals surface area contributed by atoms with Gasteiger partial charge in [0, 0.05) is 11.1 Å². The summed E-state index contributed by atoms with van der Waals surface area (Å²) >= 11 is 0. The van der Waals surface area contributed by atoms with E-state index in [1.54, 1.807) is 0 Å². The summed E-state index contributed by atoms with van der Waals surface area (Å²) in [6, 6.07) is 5.97. The van der Waals surface area contributed by atoms with Crippen molar-refractivity contribution < 1.29 is 4.79 Å². The van der Waals surface area contributed by atoms with E-state index in [1.165, 1.54) is 5.56 Å². The molecule has 1 saturated heterocycles. The monoisotopic (exact) mass is 246 g/mol. The van der Waals surface area contributed by atoms with Crippen molar-refractivity contribution in [2.75, 3.05) is 13.1 Å². The van der Waals surface area contributed by atoms with E-state index in [4.69, 9.17) is 0 Å². The van der Waals surface area contributed by atoms with Gasteiger partial charge in [0.15, 0.2) is 0 Å². The minimum absolute atomic E-state index is 0.0527. The molecule has 1 fully saturated rings. The third-order valence-corrected chi connectivity index (χ3v) is 3.75. The molecule has 2 rings (SSSR count). The highest BCUT2D eigenvalue weighted by atomic mass is 16.1. The fourth-order valence-corrected chi connectivity index (χ4v) is 2.51. The smallest absolute Gasteiger partial charge is 0.251 e. The molecule has 0 unspecified atom stereocenters. The van der Waals surface area contributed by atoms with Crippen LogP contribution in [0.2, 0.25) is 0 Å². The van der Waals surface area contributed by atoms with E-state index in [9.17, 15) is 4.79 Å². The van der Waals surface area contributed by atoms with Gasteiger partial charge in [0.25, 0.3) is 5.91 Å². The van der Waals surface area contributed by atoms with Gasteiger partial charge in [-0.15, -0.1) is 0 Å². The lowest BCUT2D eigenvalue weighted by Crippen LogP contribution is -2.52. The zero-order valence-corrected chi connectivity index (χ0v) is 11.5. The van der Waals surface area contributed by atoms with Crippen LogP contribution in [0, 0.1) is 13.8 Å². The molecule has 0 atom stereocenters. The topological polar surface area (TPSA) is 41.1 Å². The quantitative estimate of drug-likeness (QED) is 0.839. The summed E-state index contributed by atoms with van der Waals surface area (Å²) in [6.45, 7) is 8.12. The molecule has 0 aliphatic carbocycles. The molecular weight excluding hydrogens is 224 g/mol. The minimum atomic E-state index is -0.0698. The average Bonchev–Trinajstić information content (AvgIpc) is 2.28. The van der Waals surface area contributed by atoms with Crippen molar-refractivity contribution in [2.45, 2.75) is 39.2 Å². The number of benzene rings is 1. The second kappa shape index (κ2) is 5.11. The van der Waals surface area contributed by atoms with Gasteiger partial charge in [-0.2, -0.15) is 0 Å². The SMILES string of the molecule is Cc1ccc(C(=O)NC2(C)CCNCC2)c(C)c1. The van der Waals surface area contributed by atoms with Gasteiger partial charge in [0.1, 0.15) is 0 Å². The van der Waals surface area contributed by atoms with Crippen molar-refractivity contribution >= 4 is 5.91 Å². The van der Waals surface area contributed by atoms with Crippen molar-refractivity contribution in [3.63, 3.8) is 0 Å². The second-order valence-electron chi connectivity index (χ2n) is 5.58. The number of carbonyl (C=O) groups excluding carboxylic acids is 1. The highest BCUT2D eigenvalue weighted by Crippen LogP contribution is 2.19. The maximum absolute atomic E-state index is 12.3. The van der Waals surface area contributed by atoms with Crippen molar-refractivity contribution in [2.24, 2.45) is 0 Å². The molecule has 0 radical (unpaired) electrons. The molecule has 2 N–H and O–H groups in total. The van der Waals surface area contributed by atoms with Crippen LogP contribution in [0.4, 0.5) is 0 Å². The summed E-state index contributed by atoms with van der Waals surface area (Å²) in [7, 11) is 0. The molecule has 1 amide bonds. The highest BCUT2D eigenvalue weighted by Gasteiger charge is 2.28. The lowest BCUT2D eigenvalue weighted by Gasteiger charge is -2.35. The molecule has 18 heavy (non-hydrogen) atoms. The van der Waals surface area contributed by atoms with E-state index in [1.807, 2.05) is 26.0 Å². The number of hydrogen-bond donors (Lipinski definition) is 2. The maximum Gasteiger partial charge on any atom is 0.251 e. The van der Waals surface area contributed by atoms with Gasteiger partial charge >= 0.3 is 0 Å². The predicted octanol–water partition coefficient (Wildman–Crippen LogP) is 2.18. The average molecular weight is 246 g/mol. The molecule has 3 heteroatoms. The van der Waals surface area contributed by atoms with Gasteiger partial charge in [-0.3, -0.25) is 4.79 Å². The van der Waals surface area contributed by atoms with Crippen LogP contribution in [0.5, 0.6) is 0 Å². The van der Waals surface area contributed by atoms with Gasteiger partial charge in [0.05, 0.1) is 0 Å². The number of amides is 1. The molecule has 1 aromatic rings. The fourth-order valence-electron chi connectivity index (χ4n) is 2.51.